The van der Waals surface area contributed by atoms with Crippen LogP contribution in [0.15, 0.2) is 42.5 Å². The van der Waals surface area contributed by atoms with Gasteiger partial charge in [0.05, 0.1) is 17.6 Å². The first kappa shape index (κ1) is 14.8. The Bertz CT molecular complexity index is 626. The number of nitrogens with zero attached hydrogens (tertiary/aromatic N) is 1. The fourth-order valence-electron chi connectivity index (χ4n) is 1.85. The van der Waals surface area contributed by atoms with Gasteiger partial charge in [0.25, 0.3) is 5.69 Å². The molecule has 0 aliphatic carbocycles. The van der Waals surface area contributed by atoms with E-state index in [4.69, 9.17) is 9.84 Å². The van der Waals surface area contributed by atoms with Gasteiger partial charge in [0.15, 0.2) is 0 Å². The number of rotatable bonds is 6. The maximum absolute atomic E-state index is 10.9. The van der Waals surface area contributed by atoms with Gasteiger partial charge in [-0.05, 0) is 24.6 Å². The molecule has 0 aromatic heterocycles. The highest BCUT2D eigenvalue weighted by Gasteiger charge is 2.11. The smallest absolute Gasteiger partial charge is 0.275 e. The Balaban J connectivity index is 2.26. The molecular weight excluding hydrogens is 272 g/mol. The molecule has 2 aromatic carbocycles. The van der Waals surface area contributed by atoms with Crippen LogP contribution in [0, 0.1) is 10.1 Å². The van der Waals surface area contributed by atoms with Gasteiger partial charge in [-0.2, -0.15) is 0 Å². The average Bonchev–Trinajstić information content (AvgIpc) is 2.48. The molecule has 0 bridgehead atoms. The zero-order chi connectivity index (χ0) is 15.2. The summed E-state index contributed by atoms with van der Waals surface area (Å²) in [5.74, 6) is 0.937. The number of nitro benzene ring substituents is 1. The lowest BCUT2D eigenvalue weighted by molar-refractivity contribution is -0.384. The first-order valence-corrected chi connectivity index (χ1v) is 6.53. The fourth-order valence-corrected chi connectivity index (χ4v) is 1.85. The summed E-state index contributed by atoms with van der Waals surface area (Å²) >= 11 is 0. The van der Waals surface area contributed by atoms with Gasteiger partial charge in [-0.1, -0.05) is 12.1 Å². The molecule has 0 aliphatic rings. The van der Waals surface area contributed by atoms with Gasteiger partial charge in [0, 0.05) is 24.4 Å². The number of nitrogens with one attached hydrogen (secondary N) is 1. The Morgan fingerprint density at radius 1 is 1.19 bits per heavy atom. The molecule has 0 saturated heterocycles. The van der Waals surface area contributed by atoms with Gasteiger partial charge in [0.1, 0.15) is 11.5 Å². The van der Waals surface area contributed by atoms with Gasteiger partial charge in [-0.3, -0.25) is 10.1 Å². The van der Waals surface area contributed by atoms with Crippen LogP contribution in [0.3, 0.4) is 0 Å². The highest BCUT2D eigenvalue weighted by Crippen LogP contribution is 2.29. The van der Waals surface area contributed by atoms with E-state index in [0.29, 0.717) is 23.7 Å². The van der Waals surface area contributed by atoms with E-state index < -0.39 is 4.92 Å². The number of hydrogen-bond donors (Lipinski definition) is 2. The van der Waals surface area contributed by atoms with Gasteiger partial charge in [-0.25, -0.2) is 0 Å². The van der Waals surface area contributed by atoms with Crippen LogP contribution in [0.2, 0.25) is 0 Å². The molecule has 0 radical (unpaired) electrons. The van der Waals surface area contributed by atoms with E-state index in [1.165, 1.54) is 12.1 Å². The quantitative estimate of drug-likeness (QED) is 0.629. The Hall–Kier alpha value is -2.60. The Kier molecular flexibility index (Phi) is 4.73. The molecule has 0 unspecified atom stereocenters. The zero-order valence-electron chi connectivity index (χ0n) is 11.6. The van der Waals surface area contributed by atoms with Crippen molar-refractivity contribution in [2.75, 3.05) is 11.9 Å². The topological polar surface area (TPSA) is 84.6 Å². The molecule has 2 N–H and O–H groups in total. The van der Waals surface area contributed by atoms with Crippen LogP contribution < -0.4 is 10.1 Å². The number of anilines is 1. The number of aliphatic hydroxyl groups excluding tert-OH is 1. The number of ether oxygens (including phenoxy) is 1. The Morgan fingerprint density at radius 3 is 2.48 bits per heavy atom. The highest BCUT2D eigenvalue weighted by molar-refractivity contribution is 5.57. The normalized spacial score (nSPS) is 10.2. The molecule has 0 aliphatic heterocycles. The largest absolute Gasteiger partial charge is 0.457 e. The van der Waals surface area contributed by atoms with Crippen molar-refractivity contribution in [2.24, 2.45) is 0 Å². The lowest BCUT2D eigenvalue weighted by Crippen LogP contribution is -1.98. The minimum absolute atomic E-state index is 0.0320. The summed E-state index contributed by atoms with van der Waals surface area (Å²) in [5, 5.41) is 23.0. The third-order valence-electron chi connectivity index (χ3n) is 2.82. The van der Waals surface area contributed by atoms with Crippen molar-refractivity contribution < 1.29 is 14.8 Å². The third kappa shape index (κ3) is 3.93. The van der Waals surface area contributed by atoms with Crippen LogP contribution in [0.4, 0.5) is 11.4 Å². The molecule has 0 spiro atoms. The third-order valence-corrected chi connectivity index (χ3v) is 2.82. The summed E-state index contributed by atoms with van der Waals surface area (Å²) in [6.07, 6.45) is 0. The maximum Gasteiger partial charge on any atom is 0.275 e. The Labute approximate surface area is 122 Å². The standard InChI is InChI=1S/C15H16N2O4/c1-2-16-12-7-13(17(19)20)9-15(8-12)21-14-5-3-11(10-18)4-6-14/h3-9,16,18H,2,10H2,1H3. The second-order valence-corrected chi connectivity index (χ2v) is 4.41. The van der Waals surface area contributed by atoms with Crippen molar-refractivity contribution in [1.29, 1.82) is 0 Å². The zero-order valence-corrected chi connectivity index (χ0v) is 11.6. The van der Waals surface area contributed by atoms with Crippen molar-refractivity contribution >= 4 is 11.4 Å². The predicted octanol–water partition coefficient (Wildman–Crippen LogP) is 3.31. The first-order chi connectivity index (χ1) is 10.1. The molecule has 110 valence electrons. The van der Waals surface area contributed by atoms with Crippen molar-refractivity contribution in [2.45, 2.75) is 13.5 Å². The van der Waals surface area contributed by atoms with Gasteiger partial charge >= 0.3 is 0 Å². The summed E-state index contributed by atoms with van der Waals surface area (Å²) in [4.78, 5) is 10.5. The van der Waals surface area contributed by atoms with E-state index in [2.05, 4.69) is 5.32 Å². The molecule has 21 heavy (non-hydrogen) atoms. The van der Waals surface area contributed by atoms with Crippen LogP contribution in [-0.4, -0.2) is 16.6 Å². The minimum atomic E-state index is -0.456. The number of hydrogen-bond acceptors (Lipinski definition) is 5. The average molecular weight is 288 g/mol. The molecule has 0 atom stereocenters. The van der Waals surface area contributed by atoms with E-state index >= 15 is 0 Å². The number of non-ortho nitro benzene ring substituents is 1. The van der Waals surface area contributed by atoms with E-state index in [9.17, 15) is 10.1 Å². The van der Waals surface area contributed by atoms with Crippen LogP contribution in [0.5, 0.6) is 11.5 Å². The minimum Gasteiger partial charge on any atom is -0.457 e. The van der Waals surface area contributed by atoms with Gasteiger partial charge < -0.3 is 15.2 Å². The lowest BCUT2D eigenvalue weighted by Gasteiger charge is -2.09. The molecular formula is C15H16N2O4. The van der Waals surface area contributed by atoms with E-state index in [1.807, 2.05) is 6.92 Å². The summed E-state index contributed by atoms with van der Waals surface area (Å²) in [7, 11) is 0. The maximum atomic E-state index is 10.9. The summed E-state index contributed by atoms with van der Waals surface area (Å²) in [5.41, 5.74) is 1.37. The van der Waals surface area contributed by atoms with Crippen molar-refractivity contribution in [3.63, 3.8) is 0 Å². The Morgan fingerprint density at radius 2 is 1.90 bits per heavy atom. The second kappa shape index (κ2) is 6.71. The summed E-state index contributed by atoms with van der Waals surface area (Å²) in [6, 6.07) is 11.4. The first-order valence-electron chi connectivity index (χ1n) is 6.53. The van der Waals surface area contributed by atoms with Crippen molar-refractivity contribution in [3.05, 3.63) is 58.1 Å². The van der Waals surface area contributed by atoms with Gasteiger partial charge in [-0.15, -0.1) is 0 Å². The van der Waals surface area contributed by atoms with Crippen LogP contribution in [0.25, 0.3) is 0 Å². The monoisotopic (exact) mass is 288 g/mol. The van der Waals surface area contributed by atoms with Crippen LogP contribution in [-0.2, 0) is 6.61 Å². The molecule has 6 nitrogen and oxygen atoms in total. The molecule has 6 heteroatoms. The fraction of sp³-hybridized carbons (Fsp3) is 0.200. The molecule has 0 fully saturated rings. The van der Waals surface area contributed by atoms with E-state index in [1.54, 1.807) is 30.3 Å². The van der Waals surface area contributed by atoms with E-state index in [-0.39, 0.29) is 12.3 Å². The van der Waals surface area contributed by atoms with Gasteiger partial charge in [0.2, 0.25) is 0 Å². The second-order valence-electron chi connectivity index (χ2n) is 4.41. The number of benzene rings is 2. The summed E-state index contributed by atoms with van der Waals surface area (Å²) in [6.45, 7) is 2.53. The predicted molar refractivity (Wildman–Crippen MR) is 79.7 cm³/mol. The molecule has 2 aromatic rings. The molecule has 0 heterocycles. The van der Waals surface area contributed by atoms with Crippen molar-refractivity contribution in [3.8, 4) is 11.5 Å². The molecule has 2 rings (SSSR count). The molecule has 0 saturated carbocycles. The summed E-state index contributed by atoms with van der Waals surface area (Å²) < 4.78 is 5.63. The van der Waals surface area contributed by atoms with Crippen molar-refractivity contribution in [1.82, 2.24) is 0 Å². The highest BCUT2D eigenvalue weighted by atomic mass is 16.6. The van der Waals surface area contributed by atoms with Crippen LogP contribution in [0.1, 0.15) is 12.5 Å². The number of aliphatic hydroxyl groups is 1. The molecule has 0 amide bonds. The SMILES string of the molecule is CCNc1cc(Oc2ccc(CO)cc2)cc([N+](=O)[O-])c1. The van der Waals surface area contributed by atoms with Crippen LogP contribution >= 0.6 is 0 Å². The van der Waals surface area contributed by atoms with E-state index in [0.717, 1.165) is 5.56 Å². The number of nitro groups is 1. The lowest BCUT2D eigenvalue weighted by atomic mass is 10.2.